The van der Waals surface area contributed by atoms with Gasteiger partial charge in [0.1, 0.15) is 5.82 Å². The van der Waals surface area contributed by atoms with Gasteiger partial charge in [-0.05, 0) is 49.7 Å². The van der Waals surface area contributed by atoms with Gasteiger partial charge in [-0.1, -0.05) is 23.7 Å². The van der Waals surface area contributed by atoms with E-state index in [4.69, 9.17) is 16.3 Å². The first-order valence-electron chi connectivity index (χ1n) is 9.10. The topological polar surface area (TPSA) is 77.3 Å². The molecule has 1 amide bonds. The van der Waals surface area contributed by atoms with Crippen LogP contribution < -0.4 is 0 Å². The molecule has 2 heterocycles. The zero-order valence-electron chi connectivity index (χ0n) is 16.7. The van der Waals surface area contributed by atoms with Crippen molar-refractivity contribution in [2.75, 3.05) is 13.7 Å². The Morgan fingerprint density at radius 2 is 1.97 bits per heavy atom. The van der Waals surface area contributed by atoms with Gasteiger partial charge in [-0.25, -0.2) is 18.9 Å². The summed E-state index contributed by atoms with van der Waals surface area (Å²) in [5.74, 6) is -1.25. The van der Waals surface area contributed by atoms with E-state index in [9.17, 15) is 14.0 Å². The number of benzene rings is 1. The summed E-state index contributed by atoms with van der Waals surface area (Å²) in [7, 11) is 1.54. The minimum atomic E-state index is -0.823. The minimum Gasteiger partial charge on any atom is -0.451 e. The van der Waals surface area contributed by atoms with E-state index in [2.05, 4.69) is 10.1 Å². The Balaban J connectivity index is 1.66. The first-order valence-corrected chi connectivity index (χ1v) is 9.48. The summed E-state index contributed by atoms with van der Waals surface area (Å²) in [6, 6.07) is 11.0. The van der Waals surface area contributed by atoms with Gasteiger partial charge in [-0.3, -0.25) is 4.79 Å². The van der Waals surface area contributed by atoms with Gasteiger partial charge in [0.15, 0.2) is 18.1 Å². The van der Waals surface area contributed by atoms with Crippen molar-refractivity contribution in [2.24, 2.45) is 0 Å². The number of rotatable bonds is 6. The molecule has 7 nitrogen and oxygen atoms in total. The quantitative estimate of drug-likeness (QED) is 0.559. The van der Waals surface area contributed by atoms with Crippen LogP contribution in [-0.4, -0.2) is 45.2 Å². The zero-order valence-corrected chi connectivity index (χ0v) is 17.5. The molecule has 0 saturated carbocycles. The van der Waals surface area contributed by atoms with E-state index >= 15 is 0 Å². The van der Waals surface area contributed by atoms with Crippen molar-refractivity contribution in [2.45, 2.75) is 20.4 Å². The molecule has 2 aromatic heterocycles. The van der Waals surface area contributed by atoms with E-state index < -0.39 is 18.5 Å². The predicted octanol–water partition coefficient (Wildman–Crippen LogP) is 3.49. The highest BCUT2D eigenvalue weighted by atomic mass is 35.5. The van der Waals surface area contributed by atoms with Gasteiger partial charge >= 0.3 is 5.97 Å². The van der Waals surface area contributed by atoms with Crippen LogP contribution in [0.25, 0.3) is 5.82 Å². The maximum absolute atomic E-state index is 13.3. The van der Waals surface area contributed by atoms with Gasteiger partial charge in [-0.15, -0.1) is 0 Å². The molecule has 3 rings (SSSR count). The average molecular weight is 431 g/mol. The van der Waals surface area contributed by atoms with Crippen LogP contribution in [0, 0.1) is 19.7 Å². The Hall–Kier alpha value is -3.26. The number of ether oxygens (including phenoxy) is 1. The van der Waals surface area contributed by atoms with E-state index in [1.165, 1.54) is 30.1 Å². The number of hydrogen-bond donors (Lipinski definition) is 0. The largest absolute Gasteiger partial charge is 0.451 e. The smallest absolute Gasteiger partial charge is 0.359 e. The van der Waals surface area contributed by atoms with Crippen LogP contribution in [0.4, 0.5) is 4.39 Å². The predicted molar refractivity (Wildman–Crippen MR) is 109 cm³/mol. The van der Waals surface area contributed by atoms with Crippen LogP contribution in [0.3, 0.4) is 0 Å². The van der Waals surface area contributed by atoms with E-state index in [-0.39, 0.29) is 23.1 Å². The number of pyridine rings is 1. The second-order valence-corrected chi connectivity index (χ2v) is 7.20. The monoisotopic (exact) mass is 430 g/mol. The third-order valence-electron chi connectivity index (χ3n) is 4.31. The second-order valence-electron chi connectivity index (χ2n) is 6.79. The first kappa shape index (κ1) is 21.4. The Bertz CT molecular complexity index is 1100. The fourth-order valence-electron chi connectivity index (χ4n) is 2.86. The molecule has 0 N–H and O–H groups in total. The number of halogens is 2. The highest BCUT2D eigenvalue weighted by molar-refractivity contribution is 6.33. The molecule has 1 aromatic carbocycles. The number of hydrogen-bond acceptors (Lipinski definition) is 5. The second kappa shape index (κ2) is 9.04. The average Bonchev–Trinajstić information content (AvgIpc) is 3.04. The lowest BCUT2D eigenvalue weighted by Crippen LogP contribution is -2.31. The minimum absolute atomic E-state index is 0.103. The molecule has 9 heteroatoms. The number of aryl methyl sites for hydroxylation is 2. The molecule has 0 fully saturated rings. The fraction of sp³-hybridized carbons (Fsp3) is 0.238. The molecule has 0 bridgehead atoms. The van der Waals surface area contributed by atoms with Gasteiger partial charge in [0.2, 0.25) is 0 Å². The van der Waals surface area contributed by atoms with E-state index in [0.717, 1.165) is 11.4 Å². The Kier molecular flexibility index (Phi) is 6.47. The standard InChI is InChI=1S/C21H20ClFN4O3/c1-13-9-14(2)27(25-13)18-8-7-17(22)20(24-18)21(29)30-12-19(28)26(3)11-15-5-4-6-16(23)10-15/h4-10H,11-12H2,1-3H3. The van der Waals surface area contributed by atoms with E-state index in [0.29, 0.717) is 11.4 Å². The van der Waals surface area contributed by atoms with Crippen molar-refractivity contribution in [1.82, 2.24) is 19.7 Å². The maximum Gasteiger partial charge on any atom is 0.359 e. The summed E-state index contributed by atoms with van der Waals surface area (Å²) in [6.45, 7) is 3.40. The van der Waals surface area contributed by atoms with Crippen LogP contribution in [0.15, 0.2) is 42.5 Å². The molecular weight excluding hydrogens is 411 g/mol. The lowest BCUT2D eigenvalue weighted by Gasteiger charge is -2.17. The highest BCUT2D eigenvalue weighted by Gasteiger charge is 2.19. The lowest BCUT2D eigenvalue weighted by molar-refractivity contribution is -0.133. The summed E-state index contributed by atoms with van der Waals surface area (Å²) in [4.78, 5) is 30.3. The summed E-state index contributed by atoms with van der Waals surface area (Å²) in [5, 5.41) is 4.43. The molecule has 30 heavy (non-hydrogen) atoms. The number of likely N-dealkylation sites (N-methyl/N-ethyl adjacent to an activating group) is 1. The van der Waals surface area contributed by atoms with E-state index in [1.807, 2.05) is 19.9 Å². The first-order chi connectivity index (χ1) is 14.2. The lowest BCUT2D eigenvalue weighted by atomic mass is 10.2. The third kappa shape index (κ3) is 5.01. The number of amides is 1. The summed E-state index contributed by atoms with van der Waals surface area (Å²) < 4.78 is 20.0. The van der Waals surface area contributed by atoms with Gasteiger partial charge in [-0.2, -0.15) is 5.10 Å². The molecule has 0 atom stereocenters. The van der Waals surface area contributed by atoms with E-state index in [1.54, 1.807) is 22.9 Å². The normalized spacial score (nSPS) is 10.7. The van der Waals surface area contributed by atoms with Crippen molar-refractivity contribution < 1.29 is 18.7 Å². The van der Waals surface area contributed by atoms with Crippen molar-refractivity contribution in [3.8, 4) is 5.82 Å². The van der Waals surface area contributed by atoms with Gasteiger partial charge in [0.05, 0.1) is 10.7 Å². The molecule has 3 aromatic rings. The number of esters is 1. The SMILES string of the molecule is Cc1cc(C)n(-c2ccc(Cl)c(C(=O)OCC(=O)N(C)Cc3cccc(F)c3)n2)n1. The van der Waals surface area contributed by atoms with Gasteiger partial charge in [0.25, 0.3) is 5.91 Å². The number of carbonyl (C=O) groups excluding carboxylic acids is 2. The molecule has 0 saturated heterocycles. The Morgan fingerprint density at radius 3 is 2.63 bits per heavy atom. The molecule has 0 spiro atoms. The van der Waals surface area contributed by atoms with Crippen molar-refractivity contribution in [3.05, 3.63) is 75.9 Å². The van der Waals surface area contributed by atoms with Gasteiger partial charge < -0.3 is 9.64 Å². The molecule has 0 unspecified atom stereocenters. The summed E-state index contributed by atoms with van der Waals surface area (Å²) in [6.07, 6.45) is 0. The molecule has 0 aliphatic carbocycles. The molecule has 0 aliphatic heterocycles. The van der Waals surface area contributed by atoms with Crippen LogP contribution in [0.2, 0.25) is 5.02 Å². The highest BCUT2D eigenvalue weighted by Crippen LogP contribution is 2.18. The third-order valence-corrected chi connectivity index (χ3v) is 4.62. The summed E-state index contributed by atoms with van der Waals surface area (Å²) in [5.41, 5.74) is 2.16. The van der Waals surface area contributed by atoms with Gasteiger partial charge in [0, 0.05) is 19.3 Å². The number of aromatic nitrogens is 3. The molecule has 0 radical (unpaired) electrons. The summed E-state index contributed by atoms with van der Waals surface area (Å²) >= 11 is 6.10. The molecule has 0 aliphatic rings. The van der Waals surface area contributed by atoms with Crippen LogP contribution in [0.1, 0.15) is 27.4 Å². The van der Waals surface area contributed by atoms with Crippen molar-refractivity contribution >= 4 is 23.5 Å². The Labute approximate surface area is 178 Å². The zero-order chi connectivity index (χ0) is 21.8. The van der Waals surface area contributed by atoms with Crippen molar-refractivity contribution in [3.63, 3.8) is 0 Å². The van der Waals surface area contributed by atoms with Crippen molar-refractivity contribution in [1.29, 1.82) is 0 Å². The Morgan fingerprint density at radius 1 is 1.20 bits per heavy atom. The number of nitrogens with zero attached hydrogens (tertiary/aromatic N) is 4. The van der Waals surface area contributed by atoms with Crippen LogP contribution in [-0.2, 0) is 16.1 Å². The van der Waals surface area contributed by atoms with Crippen LogP contribution >= 0.6 is 11.6 Å². The number of carbonyl (C=O) groups is 2. The van der Waals surface area contributed by atoms with Crippen LogP contribution in [0.5, 0.6) is 0 Å². The molecule has 156 valence electrons. The fourth-order valence-corrected chi connectivity index (χ4v) is 3.04. The molecular formula is C21H20ClFN4O3. The maximum atomic E-state index is 13.3.